The van der Waals surface area contributed by atoms with Gasteiger partial charge in [-0.05, 0) is 63.1 Å². The highest BCUT2D eigenvalue weighted by molar-refractivity contribution is 5.41. The molecule has 0 aromatic heterocycles. The molecule has 23 heavy (non-hydrogen) atoms. The van der Waals surface area contributed by atoms with E-state index in [1.165, 1.54) is 11.1 Å². The van der Waals surface area contributed by atoms with Crippen LogP contribution in [0.1, 0.15) is 52.7 Å². The van der Waals surface area contributed by atoms with E-state index in [2.05, 4.69) is 71.0 Å². The molecule has 0 aliphatic heterocycles. The molecule has 0 saturated heterocycles. The topological polar surface area (TPSA) is 18.5 Å². The van der Waals surface area contributed by atoms with Crippen molar-refractivity contribution in [3.05, 3.63) is 59.7 Å². The molecule has 0 aliphatic carbocycles. The molecule has 124 valence electrons. The third-order valence-electron chi connectivity index (χ3n) is 3.89. The number of rotatable bonds is 5. The second-order valence-corrected chi connectivity index (χ2v) is 7.32. The molecule has 0 fully saturated rings. The minimum Gasteiger partial charge on any atom is -0.494 e. The van der Waals surface area contributed by atoms with E-state index in [1.54, 1.807) is 0 Å². The molecule has 0 bridgehead atoms. The first kappa shape index (κ1) is 17.4. The van der Waals surface area contributed by atoms with Gasteiger partial charge in [-0.15, -0.1) is 0 Å². The first-order valence-electron chi connectivity index (χ1n) is 8.25. The second kappa shape index (κ2) is 6.66. The van der Waals surface area contributed by atoms with E-state index < -0.39 is 0 Å². The summed E-state index contributed by atoms with van der Waals surface area (Å²) >= 11 is 0. The maximum absolute atomic E-state index is 5.90. The van der Waals surface area contributed by atoms with Gasteiger partial charge in [-0.2, -0.15) is 0 Å². The number of ether oxygens (including phenoxy) is 2. The lowest BCUT2D eigenvalue weighted by Gasteiger charge is -2.27. The zero-order valence-corrected chi connectivity index (χ0v) is 15.1. The Morgan fingerprint density at radius 2 is 1.13 bits per heavy atom. The highest BCUT2D eigenvalue weighted by Gasteiger charge is 2.23. The number of benzene rings is 2. The van der Waals surface area contributed by atoms with Crippen molar-refractivity contribution in [2.24, 2.45) is 0 Å². The maximum atomic E-state index is 5.90. The molecule has 2 aromatic rings. The van der Waals surface area contributed by atoms with Crippen LogP contribution in [0.25, 0.3) is 0 Å². The molecule has 0 spiro atoms. The van der Waals surface area contributed by atoms with Crippen molar-refractivity contribution in [1.29, 1.82) is 0 Å². The largest absolute Gasteiger partial charge is 0.494 e. The summed E-state index contributed by atoms with van der Waals surface area (Å²) in [5.74, 6) is 1.82. The van der Waals surface area contributed by atoms with Gasteiger partial charge in [0.2, 0.25) is 0 Å². The smallest absolute Gasteiger partial charge is 0.120 e. The average molecular weight is 312 g/mol. The average Bonchev–Trinajstić information content (AvgIpc) is 2.47. The number of hydrogen-bond donors (Lipinski definition) is 0. The van der Waals surface area contributed by atoms with Crippen LogP contribution in [0.2, 0.25) is 0 Å². The molecular formula is C21H28O2. The Kier molecular flexibility index (Phi) is 5.03. The minimum absolute atomic E-state index is 0.0645. The van der Waals surface area contributed by atoms with Gasteiger partial charge >= 0.3 is 0 Å². The van der Waals surface area contributed by atoms with Crippen LogP contribution in [0, 0.1) is 0 Å². The van der Waals surface area contributed by atoms with E-state index in [0.29, 0.717) is 6.61 Å². The van der Waals surface area contributed by atoms with Crippen molar-refractivity contribution in [3.8, 4) is 11.5 Å². The fourth-order valence-electron chi connectivity index (χ4n) is 2.59. The van der Waals surface area contributed by atoms with E-state index >= 15 is 0 Å². The van der Waals surface area contributed by atoms with Gasteiger partial charge in [0.25, 0.3) is 0 Å². The summed E-state index contributed by atoms with van der Waals surface area (Å²) in [6.45, 7) is 13.3. The predicted octanol–water partition coefficient (Wildman–Crippen LogP) is 5.59. The molecule has 2 heteroatoms. The summed E-state index contributed by atoms with van der Waals surface area (Å²) in [4.78, 5) is 0. The Bertz CT molecular complexity index is 616. The first-order valence-corrected chi connectivity index (χ1v) is 8.25. The molecule has 0 heterocycles. The van der Waals surface area contributed by atoms with Gasteiger partial charge < -0.3 is 9.47 Å². The zero-order chi connectivity index (χ0) is 17.1. The summed E-state index contributed by atoms with van der Waals surface area (Å²) < 4.78 is 11.4. The molecule has 2 nitrogen and oxygen atoms in total. The Morgan fingerprint density at radius 1 is 0.696 bits per heavy atom. The van der Waals surface area contributed by atoms with Crippen molar-refractivity contribution >= 4 is 0 Å². The molecule has 0 aliphatic rings. The highest BCUT2D eigenvalue weighted by Crippen LogP contribution is 2.33. The maximum Gasteiger partial charge on any atom is 0.120 e. The van der Waals surface area contributed by atoms with Crippen LogP contribution in [0.15, 0.2) is 48.5 Å². The Balaban J connectivity index is 2.21. The molecule has 0 amide bonds. The predicted molar refractivity (Wildman–Crippen MR) is 96.6 cm³/mol. The van der Waals surface area contributed by atoms with Gasteiger partial charge in [0, 0.05) is 5.41 Å². The molecule has 0 radical (unpaired) electrons. The SMILES string of the molecule is CCOc1ccc(C(C)(C)c2ccc(OC(C)(C)C)cc2)cc1. The summed E-state index contributed by atoms with van der Waals surface area (Å²) in [5, 5.41) is 0. The Morgan fingerprint density at radius 3 is 1.52 bits per heavy atom. The highest BCUT2D eigenvalue weighted by atomic mass is 16.5. The van der Waals surface area contributed by atoms with Gasteiger partial charge in [-0.1, -0.05) is 38.1 Å². The zero-order valence-electron chi connectivity index (χ0n) is 15.1. The fourth-order valence-corrected chi connectivity index (χ4v) is 2.59. The molecule has 2 rings (SSSR count). The summed E-state index contributed by atoms with van der Waals surface area (Å²) in [5.41, 5.74) is 2.30. The minimum atomic E-state index is -0.174. The fraction of sp³-hybridized carbons (Fsp3) is 0.429. The van der Waals surface area contributed by atoms with Crippen LogP contribution in [-0.4, -0.2) is 12.2 Å². The van der Waals surface area contributed by atoms with Gasteiger partial charge in [0.15, 0.2) is 0 Å². The molecule has 0 N–H and O–H groups in total. The second-order valence-electron chi connectivity index (χ2n) is 7.32. The van der Waals surface area contributed by atoms with E-state index in [4.69, 9.17) is 9.47 Å². The quantitative estimate of drug-likeness (QED) is 0.716. The van der Waals surface area contributed by atoms with Crippen molar-refractivity contribution < 1.29 is 9.47 Å². The first-order chi connectivity index (χ1) is 10.7. The third-order valence-corrected chi connectivity index (χ3v) is 3.89. The number of hydrogen-bond acceptors (Lipinski definition) is 2. The normalized spacial score (nSPS) is 12.1. The summed E-state index contributed by atoms with van der Waals surface area (Å²) in [7, 11) is 0. The van der Waals surface area contributed by atoms with Crippen molar-refractivity contribution in [1.82, 2.24) is 0 Å². The van der Waals surface area contributed by atoms with E-state index in [-0.39, 0.29) is 11.0 Å². The van der Waals surface area contributed by atoms with Crippen LogP contribution in [0.4, 0.5) is 0 Å². The van der Waals surface area contributed by atoms with Crippen LogP contribution < -0.4 is 9.47 Å². The third kappa shape index (κ3) is 4.51. The monoisotopic (exact) mass is 312 g/mol. The summed E-state index contributed by atoms with van der Waals surface area (Å²) in [6, 6.07) is 16.8. The van der Waals surface area contributed by atoms with Crippen LogP contribution in [0.3, 0.4) is 0 Å². The van der Waals surface area contributed by atoms with Crippen LogP contribution in [-0.2, 0) is 5.41 Å². The van der Waals surface area contributed by atoms with Crippen molar-refractivity contribution in [3.63, 3.8) is 0 Å². The molecule has 2 aromatic carbocycles. The van der Waals surface area contributed by atoms with Crippen molar-refractivity contribution in [2.45, 2.75) is 52.6 Å². The molecule has 0 atom stereocenters. The molecule has 0 unspecified atom stereocenters. The van der Waals surface area contributed by atoms with E-state index in [0.717, 1.165) is 11.5 Å². The lowest BCUT2D eigenvalue weighted by atomic mass is 9.78. The summed E-state index contributed by atoms with van der Waals surface area (Å²) in [6.07, 6.45) is 0. The lowest BCUT2D eigenvalue weighted by Crippen LogP contribution is -2.23. The van der Waals surface area contributed by atoms with Crippen LogP contribution >= 0.6 is 0 Å². The standard InChI is InChI=1S/C21H28O2/c1-7-22-18-12-8-16(9-13-18)21(5,6)17-10-14-19(15-11-17)23-20(2,3)4/h8-15H,7H2,1-6H3. The van der Waals surface area contributed by atoms with Gasteiger partial charge in [-0.3, -0.25) is 0 Å². The van der Waals surface area contributed by atoms with E-state index in [9.17, 15) is 0 Å². The van der Waals surface area contributed by atoms with E-state index in [1.807, 2.05) is 19.1 Å². The van der Waals surface area contributed by atoms with Gasteiger partial charge in [-0.25, -0.2) is 0 Å². The van der Waals surface area contributed by atoms with Gasteiger partial charge in [0.05, 0.1) is 6.61 Å². The Labute approximate surface area is 140 Å². The Hall–Kier alpha value is -1.96. The van der Waals surface area contributed by atoms with Crippen molar-refractivity contribution in [2.75, 3.05) is 6.61 Å². The van der Waals surface area contributed by atoms with Gasteiger partial charge in [0.1, 0.15) is 17.1 Å². The molecule has 0 saturated carbocycles. The lowest BCUT2D eigenvalue weighted by molar-refractivity contribution is 0.131. The van der Waals surface area contributed by atoms with Crippen LogP contribution in [0.5, 0.6) is 11.5 Å². The molecular weight excluding hydrogens is 284 g/mol.